The molecule has 5 nitrogen and oxygen atoms in total. The average molecular weight is 346 g/mol. The maximum absolute atomic E-state index is 13.7. The van der Waals surface area contributed by atoms with Crippen molar-refractivity contribution in [1.82, 2.24) is 5.32 Å². The Hall–Kier alpha value is -2.83. The van der Waals surface area contributed by atoms with Crippen molar-refractivity contribution >= 4 is 11.7 Å². The number of anilines is 1. The normalized spacial score (nSPS) is 24.2. The van der Waals surface area contributed by atoms with Gasteiger partial charge in [-0.15, -0.1) is 0 Å². The summed E-state index contributed by atoms with van der Waals surface area (Å²) in [7, 11) is 1.54. The molecule has 0 aliphatic carbocycles. The zero-order valence-corrected chi connectivity index (χ0v) is 13.7. The van der Waals surface area contributed by atoms with E-state index in [2.05, 4.69) is 5.32 Å². The molecule has 4 rings (SSSR count). The predicted octanol–water partition coefficient (Wildman–Crippen LogP) is 3.74. The number of methoxy groups -OCH3 is 1. The number of halogens is 2. The summed E-state index contributed by atoms with van der Waals surface area (Å²) in [6, 6.07) is 8.12. The number of rotatable bonds is 2. The number of urea groups is 1. The Morgan fingerprint density at radius 3 is 2.80 bits per heavy atom. The Morgan fingerprint density at radius 1 is 1.28 bits per heavy atom. The molecule has 2 aliphatic heterocycles. The van der Waals surface area contributed by atoms with Gasteiger partial charge in [0.15, 0.2) is 28.9 Å². The van der Waals surface area contributed by atoms with Gasteiger partial charge in [-0.05, 0) is 25.1 Å². The van der Waals surface area contributed by atoms with E-state index >= 15 is 0 Å². The van der Waals surface area contributed by atoms with Crippen LogP contribution in [0.15, 0.2) is 36.4 Å². The Labute approximate surface area is 143 Å². The standard InChI is InChI=1S/C18H16F2N2O3/c1-18-9-14(11-4-3-5-15(24-2)16(11)25-18)21-17(23)22(18)10-6-7-12(19)13(20)8-10/h3-8,14H,9H2,1-2H3,(H,21,23)/t14-,18-/m1/s1. The number of nitrogens with one attached hydrogen (secondary N) is 1. The van der Waals surface area contributed by atoms with Crippen LogP contribution in [0, 0.1) is 11.6 Å². The Kier molecular flexibility index (Phi) is 3.35. The van der Waals surface area contributed by atoms with Crippen LogP contribution in [0.25, 0.3) is 0 Å². The molecule has 1 saturated heterocycles. The van der Waals surface area contributed by atoms with Gasteiger partial charge in [0.1, 0.15) is 0 Å². The van der Waals surface area contributed by atoms with Crippen LogP contribution in [-0.4, -0.2) is 18.9 Å². The van der Waals surface area contributed by atoms with Gasteiger partial charge in [-0.25, -0.2) is 13.6 Å². The van der Waals surface area contributed by atoms with Crippen molar-refractivity contribution in [3.63, 3.8) is 0 Å². The number of para-hydroxylation sites is 1. The minimum absolute atomic E-state index is 0.218. The van der Waals surface area contributed by atoms with E-state index in [1.807, 2.05) is 12.1 Å². The summed E-state index contributed by atoms with van der Waals surface area (Å²) in [5, 5.41) is 2.90. The summed E-state index contributed by atoms with van der Waals surface area (Å²) in [4.78, 5) is 14.0. The third-order valence-electron chi connectivity index (χ3n) is 4.64. The first kappa shape index (κ1) is 15.7. The molecule has 2 amide bonds. The molecule has 2 heterocycles. The summed E-state index contributed by atoms with van der Waals surface area (Å²) < 4.78 is 38.4. The number of hydrogen-bond donors (Lipinski definition) is 1. The zero-order valence-electron chi connectivity index (χ0n) is 13.7. The maximum atomic E-state index is 13.7. The minimum Gasteiger partial charge on any atom is -0.493 e. The monoisotopic (exact) mass is 346 g/mol. The third kappa shape index (κ3) is 2.30. The first-order valence-electron chi connectivity index (χ1n) is 7.84. The van der Waals surface area contributed by atoms with Crippen LogP contribution < -0.4 is 19.7 Å². The molecular weight excluding hydrogens is 330 g/mol. The number of fused-ring (bicyclic) bond motifs is 4. The summed E-state index contributed by atoms with van der Waals surface area (Å²) in [5.74, 6) is -0.906. The van der Waals surface area contributed by atoms with Crippen LogP contribution in [0.1, 0.15) is 24.9 Å². The van der Waals surface area contributed by atoms with E-state index in [1.165, 1.54) is 18.1 Å². The van der Waals surface area contributed by atoms with Gasteiger partial charge in [0.2, 0.25) is 0 Å². The molecule has 2 aliphatic rings. The fourth-order valence-electron chi connectivity index (χ4n) is 3.54. The van der Waals surface area contributed by atoms with Crippen LogP contribution >= 0.6 is 0 Å². The molecule has 2 aromatic carbocycles. The van der Waals surface area contributed by atoms with Crippen molar-refractivity contribution in [1.29, 1.82) is 0 Å². The Balaban J connectivity index is 1.82. The van der Waals surface area contributed by atoms with Gasteiger partial charge < -0.3 is 14.8 Å². The van der Waals surface area contributed by atoms with Crippen LogP contribution in [0.5, 0.6) is 11.5 Å². The van der Waals surface area contributed by atoms with Gasteiger partial charge in [-0.3, -0.25) is 4.90 Å². The molecular formula is C18H16F2N2O3. The van der Waals surface area contributed by atoms with E-state index in [0.29, 0.717) is 17.9 Å². The van der Waals surface area contributed by atoms with Crippen LogP contribution in [0.2, 0.25) is 0 Å². The Morgan fingerprint density at radius 2 is 2.08 bits per heavy atom. The molecule has 0 unspecified atom stereocenters. The SMILES string of the molecule is COc1cccc2c1O[C@]1(C)C[C@H]2NC(=O)N1c1ccc(F)c(F)c1. The molecule has 7 heteroatoms. The van der Waals surface area contributed by atoms with Gasteiger partial charge in [0.05, 0.1) is 18.8 Å². The van der Waals surface area contributed by atoms with Gasteiger partial charge in [0, 0.05) is 18.1 Å². The summed E-state index contributed by atoms with van der Waals surface area (Å²) >= 11 is 0. The van der Waals surface area contributed by atoms with Gasteiger partial charge in [-0.1, -0.05) is 12.1 Å². The highest BCUT2D eigenvalue weighted by atomic mass is 19.2. The van der Waals surface area contributed by atoms with Crippen LogP contribution in [0.4, 0.5) is 19.3 Å². The van der Waals surface area contributed by atoms with E-state index in [-0.39, 0.29) is 11.7 Å². The fraction of sp³-hybridized carbons (Fsp3) is 0.278. The van der Waals surface area contributed by atoms with Crippen molar-refractivity contribution in [2.24, 2.45) is 0 Å². The molecule has 1 fully saturated rings. The van der Waals surface area contributed by atoms with E-state index in [1.54, 1.807) is 13.0 Å². The van der Waals surface area contributed by atoms with Gasteiger partial charge in [-0.2, -0.15) is 0 Å². The summed E-state index contributed by atoms with van der Waals surface area (Å²) in [6.07, 6.45) is 0.456. The zero-order chi connectivity index (χ0) is 17.8. The van der Waals surface area contributed by atoms with Gasteiger partial charge >= 0.3 is 6.03 Å². The molecule has 130 valence electrons. The molecule has 1 N–H and O–H groups in total. The largest absolute Gasteiger partial charge is 0.493 e. The molecule has 2 aromatic rings. The van der Waals surface area contributed by atoms with Crippen molar-refractivity contribution in [2.45, 2.75) is 25.1 Å². The quantitative estimate of drug-likeness (QED) is 0.901. The lowest BCUT2D eigenvalue weighted by molar-refractivity contribution is 0.0349. The average Bonchev–Trinajstić information content (AvgIpc) is 2.57. The molecule has 0 radical (unpaired) electrons. The lowest BCUT2D eigenvalue weighted by atomic mass is 9.90. The Bertz CT molecular complexity index is 873. The number of carbonyl (C=O) groups is 1. The molecule has 0 spiro atoms. The van der Waals surface area contributed by atoms with Crippen molar-refractivity contribution in [2.75, 3.05) is 12.0 Å². The van der Waals surface area contributed by atoms with Crippen LogP contribution in [-0.2, 0) is 0 Å². The molecule has 2 atom stereocenters. The highest BCUT2D eigenvalue weighted by Gasteiger charge is 2.50. The number of nitrogens with zero attached hydrogens (tertiary/aromatic N) is 1. The molecule has 25 heavy (non-hydrogen) atoms. The van der Waals surface area contributed by atoms with Crippen molar-refractivity contribution in [3.05, 3.63) is 53.6 Å². The highest BCUT2D eigenvalue weighted by molar-refractivity contribution is 5.95. The lowest BCUT2D eigenvalue weighted by Gasteiger charge is -2.50. The second kappa shape index (κ2) is 5.34. The van der Waals surface area contributed by atoms with E-state index in [0.717, 1.165) is 17.7 Å². The third-order valence-corrected chi connectivity index (χ3v) is 4.64. The minimum atomic E-state index is -1.06. The first-order valence-corrected chi connectivity index (χ1v) is 7.84. The van der Waals surface area contributed by atoms with Gasteiger partial charge in [0.25, 0.3) is 0 Å². The molecule has 2 bridgehead atoms. The topological polar surface area (TPSA) is 50.8 Å². The summed E-state index contributed by atoms with van der Waals surface area (Å²) in [6.45, 7) is 1.75. The smallest absolute Gasteiger partial charge is 0.325 e. The lowest BCUT2D eigenvalue weighted by Crippen LogP contribution is -2.65. The second-order valence-corrected chi connectivity index (χ2v) is 6.30. The number of benzene rings is 2. The number of amides is 2. The fourth-order valence-corrected chi connectivity index (χ4v) is 3.54. The second-order valence-electron chi connectivity index (χ2n) is 6.30. The van der Waals surface area contributed by atoms with E-state index in [9.17, 15) is 13.6 Å². The van der Waals surface area contributed by atoms with E-state index in [4.69, 9.17) is 9.47 Å². The van der Waals surface area contributed by atoms with Crippen LogP contribution in [0.3, 0.4) is 0 Å². The van der Waals surface area contributed by atoms with Crippen molar-refractivity contribution < 1.29 is 23.0 Å². The summed E-state index contributed by atoms with van der Waals surface area (Å²) in [5.41, 5.74) is -0.00960. The van der Waals surface area contributed by atoms with E-state index < -0.39 is 23.4 Å². The highest BCUT2D eigenvalue weighted by Crippen LogP contribution is 2.49. The number of hydrogen-bond acceptors (Lipinski definition) is 3. The predicted molar refractivity (Wildman–Crippen MR) is 86.8 cm³/mol. The maximum Gasteiger partial charge on any atom is 0.325 e. The van der Waals surface area contributed by atoms with Crippen molar-refractivity contribution in [3.8, 4) is 11.5 Å². The molecule has 0 aromatic heterocycles. The number of carbonyl (C=O) groups excluding carboxylic acids is 1. The first-order chi connectivity index (χ1) is 11.9. The molecule has 0 saturated carbocycles. The number of ether oxygens (including phenoxy) is 2.